The largest absolute Gasteiger partial charge is 0.468 e. The summed E-state index contributed by atoms with van der Waals surface area (Å²) >= 11 is 6.39. The fraction of sp³-hybridized carbons (Fsp3) is 0.522. The lowest BCUT2D eigenvalue weighted by atomic mass is 10.0. The lowest BCUT2D eigenvalue weighted by molar-refractivity contribution is -0.154. The van der Waals surface area contributed by atoms with Crippen molar-refractivity contribution in [3.63, 3.8) is 0 Å². The van der Waals surface area contributed by atoms with Gasteiger partial charge in [0.2, 0.25) is 11.8 Å². The van der Waals surface area contributed by atoms with E-state index < -0.39 is 30.5 Å². The second-order valence-corrected chi connectivity index (χ2v) is 8.75. The minimum Gasteiger partial charge on any atom is -0.468 e. The maximum absolute atomic E-state index is 12.4. The molecule has 1 fully saturated rings. The van der Waals surface area contributed by atoms with Crippen LogP contribution in [0, 0.1) is 24.7 Å². The van der Waals surface area contributed by atoms with Crippen LogP contribution in [0.2, 0.25) is 5.15 Å². The molecule has 0 aliphatic heterocycles. The van der Waals surface area contributed by atoms with E-state index in [2.05, 4.69) is 42.2 Å². The van der Waals surface area contributed by atoms with Crippen molar-refractivity contribution < 1.29 is 38.0 Å². The van der Waals surface area contributed by atoms with E-state index in [1.807, 2.05) is 0 Å². The highest BCUT2D eigenvalue weighted by atomic mass is 35.5. The second-order valence-electron chi connectivity index (χ2n) is 8.39. The highest BCUT2D eigenvalue weighted by Crippen LogP contribution is 2.36. The van der Waals surface area contributed by atoms with Crippen LogP contribution in [0.4, 0.5) is 24.9 Å². The Morgan fingerprint density at radius 2 is 2.00 bits per heavy atom. The van der Waals surface area contributed by atoms with Crippen LogP contribution < -0.4 is 15.4 Å². The molecule has 3 rings (SSSR count). The van der Waals surface area contributed by atoms with Gasteiger partial charge in [-0.25, -0.2) is 4.98 Å². The first-order chi connectivity index (χ1) is 17.5. The molecule has 0 spiro atoms. The van der Waals surface area contributed by atoms with Gasteiger partial charge in [0.1, 0.15) is 11.7 Å². The van der Waals surface area contributed by atoms with E-state index in [0.717, 1.165) is 0 Å². The summed E-state index contributed by atoms with van der Waals surface area (Å²) in [7, 11) is 1.53. The monoisotopic (exact) mass is 545 g/mol. The summed E-state index contributed by atoms with van der Waals surface area (Å²) in [6, 6.07) is 2.71. The van der Waals surface area contributed by atoms with Crippen LogP contribution in [0.1, 0.15) is 29.7 Å². The summed E-state index contributed by atoms with van der Waals surface area (Å²) < 4.78 is 46.8. The first kappa shape index (κ1) is 28.7. The lowest BCUT2D eigenvalue weighted by Gasteiger charge is -2.30. The number of aliphatic hydroxyl groups is 3. The molecular formula is C23H27ClF3N5O5. The number of halogens is 4. The fourth-order valence-corrected chi connectivity index (χ4v) is 3.87. The quantitative estimate of drug-likeness (QED) is 0.138. The number of aromatic nitrogens is 3. The Morgan fingerprint density at radius 3 is 2.62 bits per heavy atom. The van der Waals surface area contributed by atoms with Crippen LogP contribution in [0.5, 0.6) is 5.88 Å². The van der Waals surface area contributed by atoms with Gasteiger partial charge >= 0.3 is 6.18 Å². The number of alkyl halides is 3. The van der Waals surface area contributed by atoms with Crippen molar-refractivity contribution >= 4 is 23.4 Å². The van der Waals surface area contributed by atoms with Gasteiger partial charge in [-0.1, -0.05) is 23.4 Å². The van der Waals surface area contributed by atoms with Gasteiger partial charge in [-0.2, -0.15) is 23.1 Å². The average Bonchev–Trinajstić information content (AvgIpc) is 3.11. The minimum atomic E-state index is -4.49. The molecule has 0 bridgehead atoms. The molecule has 202 valence electrons. The molecule has 1 aliphatic carbocycles. The molecule has 10 nitrogen and oxygen atoms in total. The molecular weight excluding hydrogens is 519 g/mol. The van der Waals surface area contributed by atoms with Gasteiger partial charge in [0.15, 0.2) is 23.3 Å². The predicted octanol–water partition coefficient (Wildman–Crippen LogP) is 2.10. The topological polar surface area (TPSA) is 142 Å². The Bertz CT molecular complexity index is 1160. The maximum atomic E-state index is 12.4. The van der Waals surface area contributed by atoms with Crippen LogP contribution in [-0.2, 0) is 4.74 Å². The average molecular weight is 546 g/mol. The minimum absolute atomic E-state index is 0.0308. The molecule has 1 aliphatic rings. The molecule has 0 amide bonds. The zero-order valence-corrected chi connectivity index (χ0v) is 20.8. The third-order valence-electron chi connectivity index (χ3n) is 5.62. The number of anilines is 2. The molecule has 2 aromatic heterocycles. The summed E-state index contributed by atoms with van der Waals surface area (Å²) in [6.45, 7) is 0.507. The Hall–Kier alpha value is -2.89. The second kappa shape index (κ2) is 12.1. The summed E-state index contributed by atoms with van der Waals surface area (Å²) in [5, 5.41) is 36.7. The molecule has 0 radical (unpaired) electrons. The molecule has 1 saturated carbocycles. The molecule has 37 heavy (non-hydrogen) atoms. The van der Waals surface area contributed by atoms with Crippen molar-refractivity contribution in [3.8, 4) is 17.7 Å². The number of methoxy groups -OCH3 is 1. The molecule has 3 atom stereocenters. The zero-order chi connectivity index (χ0) is 27.2. The number of aryl methyl sites for hydroxylation is 1. The molecule has 0 aromatic carbocycles. The maximum Gasteiger partial charge on any atom is 0.422 e. The predicted molar refractivity (Wildman–Crippen MR) is 128 cm³/mol. The van der Waals surface area contributed by atoms with E-state index in [4.69, 9.17) is 16.3 Å². The molecule has 2 aromatic rings. The SMILES string of the molecule is COCCNc1nc(Cl)c(C#Cc2ccc(OCC(F)(F)F)nc2C)c(N[C@@]2(O)CC[C@H](CO)[C@H]2O)n1. The Balaban J connectivity index is 1.93. The number of ether oxygens (including phenoxy) is 2. The third-order valence-corrected chi connectivity index (χ3v) is 5.90. The van der Waals surface area contributed by atoms with E-state index >= 15 is 0 Å². The number of hydrogen-bond donors (Lipinski definition) is 5. The van der Waals surface area contributed by atoms with E-state index in [1.54, 1.807) is 6.92 Å². The smallest absolute Gasteiger partial charge is 0.422 e. The van der Waals surface area contributed by atoms with E-state index in [-0.39, 0.29) is 41.4 Å². The normalized spacial score (nSPS) is 21.3. The molecule has 0 unspecified atom stereocenters. The van der Waals surface area contributed by atoms with E-state index in [0.29, 0.717) is 30.8 Å². The molecule has 2 heterocycles. The van der Waals surface area contributed by atoms with Gasteiger partial charge in [-0.15, -0.1) is 0 Å². The number of nitrogens with one attached hydrogen (secondary N) is 2. The van der Waals surface area contributed by atoms with Crippen molar-refractivity contribution in [2.24, 2.45) is 5.92 Å². The first-order valence-corrected chi connectivity index (χ1v) is 11.6. The lowest BCUT2D eigenvalue weighted by Crippen LogP contribution is -2.48. The first-order valence-electron chi connectivity index (χ1n) is 11.2. The summed E-state index contributed by atoms with van der Waals surface area (Å²) in [6.07, 6.45) is -5.28. The van der Waals surface area contributed by atoms with Crippen molar-refractivity contribution in [2.75, 3.05) is 44.1 Å². The summed E-state index contributed by atoms with van der Waals surface area (Å²) in [5.74, 6) is 5.06. The van der Waals surface area contributed by atoms with Crippen LogP contribution in [0.3, 0.4) is 0 Å². The molecule has 5 N–H and O–H groups in total. The molecule has 0 saturated heterocycles. The number of pyridine rings is 1. The van der Waals surface area contributed by atoms with Gasteiger partial charge < -0.3 is 35.4 Å². The van der Waals surface area contributed by atoms with Gasteiger partial charge in [0, 0.05) is 37.8 Å². The van der Waals surface area contributed by atoms with E-state index in [9.17, 15) is 28.5 Å². The van der Waals surface area contributed by atoms with Crippen molar-refractivity contribution in [3.05, 3.63) is 34.1 Å². The molecule has 14 heteroatoms. The zero-order valence-electron chi connectivity index (χ0n) is 20.1. The fourth-order valence-electron chi connectivity index (χ4n) is 3.65. The van der Waals surface area contributed by atoms with Crippen LogP contribution in [0.25, 0.3) is 0 Å². The number of rotatable bonds is 9. The summed E-state index contributed by atoms with van der Waals surface area (Å²) in [4.78, 5) is 12.5. The Labute approximate surface area is 216 Å². The summed E-state index contributed by atoms with van der Waals surface area (Å²) in [5.41, 5.74) is -1.01. The van der Waals surface area contributed by atoms with Gasteiger partial charge in [-0.3, -0.25) is 0 Å². The highest BCUT2D eigenvalue weighted by molar-refractivity contribution is 6.31. The number of nitrogens with zero attached hydrogens (tertiary/aromatic N) is 3. The number of aliphatic hydroxyl groups excluding tert-OH is 2. The third kappa shape index (κ3) is 7.56. The Kier molecular flexibility index (Phi) is 9.38. The standard InChI is InChI=1S/C23H27ClF3N5O5/c1-13-14(4-6-17(29-13)37-12-23(25,26)27)3-5-16-19(24)30-21(28-9-10-36-2)31-20(16)32-22(35)8-7-15(11-33)18(22)34/h4,6,15,18,33-35H,7-12H2,1-2H3,(H2,28,30,31,32)/t15-,18-,22-/m1/s1. The highest BCUT2D eigenvalue weighted by Gasteiger charge is 2.47. The van der Waals surface area contributed by atoms with Gasteiger partial charge in [0.25, 0.3) is 0 Å². The van der Waals surface area contributed by atoms with Gasteiger partial charge in [-0.05, 0) is 25.8 Å². The Morgan fingerprint density at radius 1 is 1.24 bits per heavy atom. The van der Waals surface area contributed by atoms with Crippen molar-refractivity contribution in [1.82, 2.24) is 15.0 Å². The van der Waals surface area contributed by atoms with Crippen LogP contribution in [0.15, 0.2) is 12.1 Å². The van der Waals surface area contributed by atoms with Gasteiger partial charge in [0.05, 0.1) is 12.3 Å². The van der Waals surface area contributed by atoms with Crippen LogP contribution in [-0.4, -0.2) is 81.8 Å². The van der Waals surface area contributed by atoms with Crippen molar-refractivity contribution in [2.45, 2.75) is 37.8 Å². The number of hydrogen-bond acceptors (Lipinski definition) is 10. The van der Waals surface area contributed by atoms with E-state index in [1.165, 1.54) is 19.2 Å². The van der Waals surface area contributed by atoms with Crippen molar-refractivity contribution in [1.29, 1.82) is 0 Å². The van der Waals surface area contributed by atoms with Crippen LogP contribution >= 0.6 is 11.6 Å².